The van der Waals surface area contributed by atoms with Crippen LogP contribution in [0.4, 0.5) is 4.39 Å². The Hall–Kier alpha value is -3.64. The zero-order valence-electron chi connectivity index (χ0n) is 19.9. The first-order valence-electron chi connectivity index (χ1n) is 11.2. The van der Waals surface area contributed by atoms with Crippen molar-refractivity contribution in [2.75, 3.05) is 0 Å². The average Bonchev–Trinajstić information content (AvgIpc) is 3.45. The first kappa shape index (κ1) is 26.4. The van der Waals surface area contributed by atoms with Crippen molar-refractivity contribution in [3.63, 3.8) is 0 Å². The summed E-state index contributed by atoms with van der Waals surface area (Å²) in [6.07, 6.45) is 3.05. The second-order valence-electron chi connectivity index (χ2n) is 8.31. The quantitative estimate of drug-likeness (QED) is 0.115. The molecule has 1 N–H and O–H groups in total. The van der Waals surface area contributed by atoms with Crippen LogP contribution in [0.15, 0.2) is 95.2 Å². The van der Waals surface area contributed by atoms with E-state index in [4.69, 9.17) is 9.52 Å². The van der Waals surface area contributed by atoms with E-state index in [1.165, 1.54) is 32.1 Å². The molecule has 6 aromatic rings. The Labute approximate surface area is 230 Å². The predicted molar refractivity (Wildman–Crippen MR) is 144 cm³/mol. The normalized spacial score (nSPS) is 11.3. The smallest absolute Gasteiger partial charge is 0.155 e. The number of halogens is 1. The number of fused-ring (bicyclic) bond motifs is 4. The number of pyridine rings is 1. The van der Waals surface area contributed by atoms with Crippen LogP contribution < -0.4 is 0 Å². The number of aliphatic hydroxyl groups is 1. The number of para-hydroxylation sites is 1. The van der Waals surface area contributed by atoms with Crippen molar-refractivity contribution in [2.45, 2.75) is 13.8 Å². The molecule has 3 aromatic carbocycles. The van der Waals surface area contributed by atoms with Gasteiger partial charge in [0.15, 0.2) is 5.78 Å². The average molecular weight is 687 g/mol. The third-order valence-corrected chi connectivity index (χ3v) is 6.67. The number of nitrogens with zero attached hydrogens (tertiary/aromatic N) is 1. The second-order valence-corrected chi connectivity index (χ2v) is 9.40. The molecule has 0 aliphatic carbocycles. The number of allylic oxidation sites excluding steroid dienone is 2. The Morgan fingerprint density at radius 1 is 1.05 bits per heavy atom. The summed E-state index contributed by atoms with van der Waals surface area (Å²) in [4.78, 5) is 15.8. The van der Waals surface area contributed by atoms with E-state index in [1.807, 2.05) is 36.5 Å². The van der Waals surface area contributed by atoms with Crippen molar-refractivity contribution in [1.82, 2.24) is 4.98 Å². The molecule has 7 heteroatoms. The monoisotopic (exact) mass is 687 g/mol. The molecule has 6 rings (SSSR count). The molecule has 1 radical (unpaired) electrons. The molecular formula is C30H21FIrNO3S-. The van der Waals surface area contributed by atoms with Crippen LogP contribution in [0.5, 0.6) is 0 Å². The van der Waals surface area contributed by atoms with Crippen LogP contribution in [-0.4, -0.2) is 15.9 Å². The number of carbonyl (C=O) groups excluding carboxylic acids is 1. The van der Waals surface area contributed by atoms with E-state index in [-0.39, 0.29) is 37.5 Å². The maximum absolute atomic E-state index is 13.2. The van der Waals surface area contributed by atoms with Gasteiger partial charge < -0.3 is 14.5 Å². The predicted octanol–water partition coefficient (Wildman–Crippen LogP) is 8.50. The number of furan rings is 1. The maximum atomic E-state index is 13.2. The van der Waals surface area contributed by atoms with Gasteiger partial charge in [0, 0.05) is 42.6 Å². The van der Waals surface area contributed by atoms with Crippen molar-refractivity contribution in [1.29, 1.82) is 0 Å². The van der Waals surface area contributed by atoms with E-state index >= 15 is 0 Å². The van der Waals surface area contributed by atoms with Gasteiger partial charge >= 0.3 is 0 Å². The van der Waals surface area contributed by atoms with E-state index in [0.29, 0.717) is 0 Å². The van der Waals surface area contributed by atoms with Crippen molar-refractivity contribution in [3.8, 4) is 21.7 Å². The molecule has 0 amide bonds. The number of rotatable bonds is 3. The van der Waals surface area contributed by atoms with Crippen molar-refractivity contribution >= 4 is 49.1 Å². The molecule has 0 spiro atoms. The number of carbonyl (C=O) groups is 1. The molecule has 0 bridgehead atoms. The molecule has 0 aliphatic rings. The minimum Gasteiger partial charge on any atom is -0.512 e. The largest absolute Gasteiger partial charge is 0.512 e. The zero-order valence-corrected chi connectivity index (χ0v) is 23.1. The maximum Gasteiger partial charge on any atom is 0.155 e. The summed E-state index contributed by atoms with van der Waals surface area (Å²) in [5, 5.41) is 11.6. The molecule has 3 aromatic heterocycles. The van der Waals surface area contributed by atoms with Crippen LogP contribution in [0, 0.1) is 11.9 Å². The Kier molecular flexibility index (Phi) is 7.98. The minimum atomic E-state index is -0.228. The fraction of sp³-hybridized carbons (Fsp3) is 0.0667. The van der Waals surface area contributed by atoms with Gasteiger partial charge in [-0.2, -0.15) is 0 Å². The Balaban J connectivity index is 0.000000356. The molecule has 4 nitrogen and oxygen atoms in total. The van der Waals surface area contributed by atoms with Crippen LogP contribution in [0.3, 0.4) is 0 Å². The standard InChI is InChI=1S/C25H13FNOS.C5H8O2.Ir/c26-17-10-8-15(9-11-17)23-13-16-12-21(27-14-24(16)29-23)20-6-3-5-19-18-4-1-2-7-22(18)28-25(19)20;1-4(6)3-5(2)7;/h1-5,7-14H;3,6H,1-2H3;/q-1;;/b;4-3-;. The molecular weight excluding hydrogens is 666 g/mol. The van der Waals surface area contributed by atoms with Gasteiger partial charge in [0.25, 0.3) is 0 Å². The van der Waals surface area contributed by atoms with Crippen LogP contribution >= 0.6 is 11.3 Å². The van der Waals surface area contributed by atoms with Crippen molar-refractivity contribution in [3.05, 3.63) is 103 Å². The Morgan fingerprint density at radius 2 is 1.81 bits per heavy atom. The summed E-state index contributed by atoms with van der Waals surface area (Å²) < 4.78 is 20.5. The number of thiophene rings is 1. The van der Waals surface area contributed by atoms with Crippen LogP contribution in [0.2, 0.25) is 0 Å². The number of benzene rings is 3. The van der Waals surface area contributed by atoms with Crippen LogP contribution in [0.25, 0.3) is 53.7 Å². The molecule has 0 saturated heterocycles. The third kappa shape index (κ3) is 5.70. The molecule has 0 fully saturated rings. The summed E-state index contributed by atoms with van der Waals surface area (Å²) in [6.45, 7) is 2.85. The van der Waals surface area contributed by atoms with Crippen molar-refractivity contribution < 1.29 is 38.8 Å². The van der Waals surface area contributed by atoms with Crippen LogP contribution in [0.1, 0.15) is 13.8 Å². The fourth-order valence-electron chi connectivity index (χ4n) is 4.01. The van der Waals surface area contributed by atoms with Gasteiger partial charge in [0.05, 0.1) is 16.0 Å². The topological polar surface area (TPSA) is 63.3 Å². The van der Waals surface area contributed by atoms with Gasteiger partial charge in [-0.25, -0.2) is 4.39 Å². The van der Waals surface area contributed by atoms with E-state index in [2.05, 4.69) is 29.2 Å². The number of hydrogen-bond donors (Lipinski definition) is 1. The number of aromatic nitrogens is 1. The van der Waals surface area contributed by atoms with Gasteiger partial charge in [-0.15, -0.1) is 29.5 Å². The SMILES string of the molecule is CC(=O)/C=C(/C)O.Fc1ccc(-c2cc3cc(-c4[c-]ccc5c4oc4ccccc45)ncc3s2)cc1.[Ir]. The number of hydrogen-bond acceptors (Lipinski definition) is 5. The third-order valence-electron chi connectivity index (χ3n) is 5.54. The molecule has 0 aliphatic heterocycles. The number of aliphatic hydroxyl groups excluding tert-OH is 1. The molecule has 187 valence electrons. The molecule has 37 heavy (non-hydrogen) atoms. The van der Waals surface area contributed by atoms with Gasteiger partial charge in [-0.3, -0.25) is 4.79 Å². The zero-order chi connectivity index (χ0) is 25.2. The van der Waals surface area contributed by atoms with Crippen LogP contribution in [-0.2, 0) is 24.9 Å². The van der Waals surface area contributed by atoms with E-state index < -0.39 is 0 Å². The molecule has 0 atom stereocenters. The first-order chi connectivity index (χ1) is 17.4. The molecule has 3 heterocycles. The van der Waals surface area contributed by atoms with Crippen molar-refractivity contribution in [2.24, 2.45) is 0 Å². The van der Waals surface area contributed by atoms with E-state index in [1.54, 1.807) is 23.5 Å². The minimum absolute atomic E-state index is 0. The van der Waals surface area contributed by atoms with E-state index in [0.717, 1.165) is 53.7 Å². The Bertz CT molecular complexity index is 1750. The fourth-order valence-corrected chi connectivity index (χ4v) is 5.03. The van der Waals surface area contributed by atoms with Gasteiger partial charge in [0.2, 0.25) is 0 Å². The van der Waals surface area contributed by atoms with Gasteiger partial charge in [0.1, 0.15) is 11.4 Å². The van der Waals surface area contributed by atoms with Gasteiger partial charge in [-0.1, -0.05) is 47.3 Å². The molecule has 0 unspecified atom stereocenters. The Morgan fingerprint density at radius 3 is 2.51 bits per heavy atom. The van der Waals surface area contributed by atoms with E-state index in [9.17, 15) is 9.18 Å². The summed E-state index contributed by atoms with van der Waals surface area (Å²) in [5.41, 5.74) is 4.34. The number of ketones is 1. The summed E-state index contributed by atoms with van der Waals surface area (Å²) in [7, 11) is 0. The second kappa shape index (κ2) is 11.2. The molecule has 0 saturated carbocycles. The van der Waals surface area contributed by atoms with Gasteiger partial charge in [-0.05, 0) is 54.8 Å². The summed E-state index contributed by atoms with van der Waals surface area (Å²) in [5.74, 6) is -0.291. The summed E-state index contributed by atoms with van der Waals surface area (Å²) in [6, 6.07) is 26.0. The summed E-state index contributed by atoms with van der Waals surface area (Å²) >= 11 is 1.65. The first-order valence-corrected chi connectivity index (χ1v) is 12.1.